The second-order valence-corrected chi connectivity index (χ2v) is 6.80. The molecule has 0 aliphatic carbocycles. The Hall–Kier alpha value is -3.06. The van der Waals surface area contributed by atoms with E-state index in [2.05, 4.69) is 22.5 Å². The number of methoxy groups -OCH3 is 3. The van der Waals surface area contributed by atoms with Crippen LogP contribution >= 0.6 is 12.2 Å². The van der Waals surface area contributed by atoms with Gasteiger partial charge in [0.25, 0.3) is 0 Å². The standard InChI is InChI=1S/C22H25N3O3S/c1-5-16(14-8-10-18(26-2)20(13-14)28-4)24-22(29)25-17-9-11-19(27-3)21-15(17)7-6-12-23-21/h6-13,16H,5H2,1-4H3,(H2,24,25,29). The molecule has 1 atom stereocenters. The van der Waals surface area contributed by atoms with Crippen molar-refractivity contribution in [2.75, 3.05) is 26.6 Å². The molecular formula is C22H25N3O3S. The van der Waals surface area contributed by atoms with Crippen LogP contribution in [0.1, 0.15) is 24.9 Å². The van der Waals surface area contributed by atoms with Gasteiger partial charge in [0.15, 0.2) is 16.6 Å². The molecule has 7 heteroatoms. The lowest BCUT2D eigenvalue weighted by molar-refractivity contribution is 0.354. The van der Waals surface area contributed by atoms with E-state index < -0.39 is 0 Å². The van der Waals surface area contributed by atoms with Gasteiger partial charge in [0.2, 0.25) is 0 Å². The minimum atomic E-state index is 0.0254. The molecule has 2 aromatic carbocycles. The lowest BCUT2D eigenvalue weighted by Crippen LogP contribution is -2.32. The van der Waals surface area contributed by atoms with Crippen LogP contribution in [0.5, 0.6) is 17.2 Å². The number of thiocarbonyl (C=S) groups is 1. The SMILES string of the molecule is CCC(NC(=S)Nc1ccc(OC)c2ncccc12)c1ccc(OC)c(OC)c1. The van der Waals surface area contributed by atoms with Crippen LogP contribution in [0.15, 0.2) is 48.7 Å². The molecule has 0 bridgehead atoms. The van der Waals surface area contributed by atoms with Crippen molar-refractivity contribution in [1.29, 1.82) is 0 Å². The van der Waals surface area contributed by atoms with E-state index in [1.54, 1.807) is 27.5 Å². The Bertz CT molecular complexity index is 1010. The van der Waals surface area contributed by atoms with Crippen molar-refractivity contribution in [3.8, 4) is 17.2 Å². The topological polar surface area (TPSA) is 64.6 Å². The fourth-order valence-electron chi connectivity index (χ4n) is 3.23. The second-order valence-electron chi connectivity index (χ2n) is 6.39. The summed E-state index contributed by atoms with van der Waals surface area (Å²) in [5.41, 5.74) is 2.72. The maximum absolute atomic E-state index is 5.58. The quantitative estimate of drug-likeness (QED) is 0.547. The molecule has 0 amide bonds. The maximum atomic E-state index is 5.58. The highest BCUT2D eigenvalue weighted by atomic mass is 32.1. The van der Waals surface area contributed by atoms with Gasteiger partial charge in [-0.1, -0.05) is 13.0 Å². The second kappa shape index (κ2) is 9.43. The van der Waals surface area contributed by atoms with E-state index in [1.165, 1.54) is 0 Å². The summed E-state index contributed by atoms with van der Waals surface area (Å²) in [5.74, 6) is 2.11. The summed E-state index contributed by atoms with van der Waals surface area (Å²) < 4.78 is 16.2. The first-order chi connectivity index (χ1) is 14.1. The summed E-state index contributed by atoms with van der Waals surface area (Å²) in [7, 11) is 4.89. The van der Waals surface area contributed by atoms with E-state index in [-0.39, 0.29) is 6.04 Å². The minimum Gasteiger partial charge on any atom is -0.494 e. The highest BCUT2D eigenvalue weighted by Crippen LogP contribution is 2.32. The molecule has 0 radical (unpaired) electrons. The third kappa shape index (κ3) is 4.51. The molecule has 2 N–H and O–H groups in total. The molecule has 29 heavy (non-hydrogen) atoms. The lowest BCUT2D eigenvalue weighted by atomic mass is 10.0. The van der Waals surface area contributed by atoms with Crippen LogP contribution in [0.4, 0.5) is 5.69 Å². The Morgan fingerprint density at radius 2 is 1.72 bits per heavy atom. The van der Waals surface area contributed by atoms with Gasteiger partial charge in [0.1, 0.15) is 11.3 Å². The molecule has 6 nitrogen and oxygen atoms in total. The van der Waals surface area contributed by atoms with Gasteiger partial charge in [0, 0.05) is 17.3 Å². The largest absolute Gasteiger partial charge is 0.494 e. The summed E-state index contributed by atoms with van der Waals surface area (Å²) in [6.07, 6.45) is 2.59. The third-order valence-electron chi connectivity index (χ3n) is 4.72. The number of aromatic nitrogens is 1. The number of anilines is 1. The number of nitrogens with zero attached hydrogens (tertiary/aromatic N) is 1. The van der Waals surface area contributed by atoms with Crippen LogP contribution in [0, 0.1) is 0 Å². The van der Waals surface area contributed by atoms with E-state index >= 15 is 0 Å². The first-order valence-electron chi connectivity index (χ1n) is 9.32. The number of ether oxygens (including phenoxy) is 3. The number of fused-ring (bicyclic) bond motifs is 1. The van der Waals surface area contributed by atoms with Crippen LogP contribution in [0.2, 0.25) is 0 Å². The monoisotopic (exact) mass is 411 g/mol. The minimum absolute atomic E-state index is 0.0254. The molecule has 152 valence electrons. The zero-order chi connectivity index (χ0) is 20.8. The average molecular weight is 412 g/mol. The lowest BCUT2D eigenvalue weighted by Gasteiger charge is -2.21. The van der Waals surface area contributed by atoms with Gasteiger partial charge < -0.3 is 24.8 Å². The van der Waals surface area contributed by atoms with Crippen LogP contribution in [0.25, 0.3) is 10.9 Å². The molecule has 0 aliphatic rings. The van der Waals surface area contributed by atoms with Gasteiger partial charge >= 0.3 is 0 Å². The molecule has 0 spiro atoms. The van der Waals surface area contributed by atoms with E-state index in [0.717, 1.165) is 34.3 Å². The molecule has 3 aromatic rings. The maximum Gasteiger partial charge on any atom is 0.171 e. The summed E-state index contributed by atoms with van der Waals surface area (Å²) in [6, 6.07) is 13.6. The normalized spacial score (nSPS) is 11.6. The Balaban J connectivity index is 1.80. The van der Waals surface area contributed by atoms with Crippen molar-refractivity contribution in [2.24, 2.45) is 0 Å². The Morgan fingerprint density at radius 3 is 2.41 bits per heavy atom. The van der Waals surface area contributed by atoms with Gasteiger partial charge in [-0.3, -0.25) is 4.98 Å². The summed E-state index contributed by atoms with van der Waals surface area (Å²) in [4.78, 5) is 4.43. The highest BCUT2D eigenvalue weighted by Gasteiger charge is 2.15. The molecule has 1 aromatic heterocycles. The number of rotatable bonds is 7. The van der Waals surface area contributed by atoms with E-state index in [1.807, 2.05) is 42.5 Å². The van der Waals surface area contributed by atoms with Crippen molar-refractivity contribution in [3.05, 3.63) is 54.2 Å². The summed E-state index contributed by atoms with van der Waals surface area (Å²) in [5, 5.41) is 8.15. The Morgan fingerprint density at radius 1 is 1.00 bits per heavy atom. The van der Waals surface area contributed by atoms with Crippen molar-refractivity contribution in [3.63, 3.8) is 0 Å². The first kappa shape index (κ1) is 20.7. The van der Waals surface area contributed by atoms with Crippen molar-refractivity contribution in [2.45, 2.75) is 19.4 Å². The molecule has 1 heterocycles. The number of benzene rings is 2. The fraction of sp³-hybridized carbons (Fsp3) is 0.273. The molecule has 0 saturated heterocycles. The summed E-state index contributed by atoms with van der Waals surface area (Å²) >= 11 is 5.58. The van der Waals surface area contributed by atoms with Gasteiger partial charge in [-0.05, 0) is 60.6 Å². The highest BCUT2D eigenvalue weighted by molar-refractivity contribution is 7.80. The van der Waals surface area contributed by atoms with Gasteiger partial charge in [-0.25, -0.2) is 0 Å². The smallest absolute Gasteiger partial charge is 0.171 e. The fourth-order valence-corrected chi connectivity index (χ4v) is 3.48. The van der Waals surface area contributed by atoms with Gasteiger partial charge in [0.05, 0.1) is 27.4 Å². The van der Waals surface area contributed by atoms with Crippen LogP contribution in [0.3, 0.4) is 0 Å². The molecule has 0 fully saturated rings. The first-order valence-corrected chi connectivity index (χ1v) is 9.73. The zero-order valence-corrected chi connectivity index (χ0v) is 17.8. The van der Waals surface area contributed by atoms with E-state index in [4.69, 9.17) is 26.4 Å². The van der Waals surface area contributed by atoms with Crippen LogP contribution in [-0.2, 0) is 0 Å². The van der Waals surface area contributed by atoms with E-state index in [0.29, 0.717) is 16.6 Å². The Kier molecular flexibility index (Phi) is 6.72. The van der Waals surface area contributed by atoms with Gasteiger partial charge in [-0.2, -0.15) is 0 Å². The third-order valence-corrected chi connectivity index (χ3v) is 4.94. The predicted octanol–water partition coefficient (Wildman–Crippen LogP) is 4.70. The number of hydrogen-bond acceptors (Lipinski definition) is 5. The van der Waals surface area contributed by atoms with E-state index in [9.17, 15) is 0 Å². The molecule has 0 aliphatic heterocycles. The van der Waals surface area contributed by atoms with Crippen molar-refractivity contribution < 1.29 is 14.2 Å². The Labute approximate surface area is 176 Å². The molecular weight excluding hydrogens is 386 g/mol. The number of pyridine rings is 1. The summed E-state index contributed by atoms with van der Waals surface area (Å²) in [6.45, 7) is 2.10. The van der Waals surface area contributed by atoms with Crippen LogP contribution < -0.4 is 24.8 Å². The number of hydrogen-bond donors (Lipinski definition) is 2. The van der Waals surface area contributed by atoms with Crippen molar-refractivity contribution in [1.82, 2.24) is 10.3 Å². The van der Waals surface area contributed by atoms with Crippen molar-refractivity contribution >= 4 is 33.9 Å². The molecule has 1 unspecified atom stereocenters. The predicted molar refractivity (Wildman–Crippen MR) is 120 cm³/mol. The zero-order valence-electron chi connectivity index (χ0n) is 17.0. The molecule has 3 rings (SSSR count). The molecule has 0 saturated carbocycles. The van der Waals surface area contributed by atoms with Gasteiger partial charge in [-0.15, -0.1) is 0 Å². The number of nitrogens with one attached hydrogen (secondary N) is 2. The average Bonchev–Trinajstić information content (AvgIpc) is 2.77. The van der Waals surface area contributed by atoms with Crippen LogP contribution in [-0.4, -0.2) is 31.4 Å².